The second-order valence-corrected chi connectivity index (χ2v) is 5.14. The number of nitrogens with zero attached hydrogens (tertiary/aromatic N) is 2. The molecule has 19 heavy (non-hydrogen) atoms. The second kappa shape index (κ2) is 6.19. The number of carboxylic acids is 1. The maximum Gasteiger partial charge on any atom is 0.323 e. The Bertz CT molecular complexity index is 454. The van der Waals surface area contributed by atoms with Gasteiger partial charge in [-0.2, -0.15) is 5.10 Å². The molecule has 0 spiro atoms. The highest BCUT2D eigenvalue weighted by Gasteiger charge is 2.31. The van der Waals surface area contributed by atoms with E-state index < -0.39 is 11.5 Å². The van der Waals surface area contributed by atoms with Crippen molar-refractivity contribution in [2.45, 2.75) is 65.5 Å². The minimum absolute atomic E-state index is 0.444. The molecule has 0 aliphatic carbocycles. The van der Waals surface area contributed by atoms with E-state index >= 15 is 0 Å². The largest absolute Gasteiger partial charge is 0.480 e. The summed E-state index contributed by atoms with van der Waals surface area (Å²) in [5.41, 5.74) is 8.29. The lowest BCUT2D eigenvalue weighted by Gasteiger charge is -2.22. The molecule has 1 atom stereocenters. The quantitative estimate of drug-likeness (QED) is 0.792. The molecule has 0 fully saturated rings. The van der Waals surface area contributed by atoms with Gasteiger partial charge in [-0.15, -0.1) is 0 Å². The molecule has 1 aromatic heterocycles. The smallest absolute Gasteiger partial charge is 0.323 e. The maximum absolute atomic E-state index is 11.1. The Morgan fingerprint density at radius 3 is 2.47 bits per heavy atom. The molecule has 1 aromatic rings. The number of rotatable bonds is 7. The molecule has 0 radical (unpaired) electrons. The summed E-state index contributed by atoms with van der Waals surface area (Å²) < 4.78 is 1.96. The van der Waals surface area contributed by atoms with E-state index in [0.717, 1.165) is 25.1 Å². The maximum atomic E-state index is 11.1. The Hall–Kier alpha value is -1.36. The van der Waals surface area contributed by atoms with E-state index in [1.54, 1.807) is 0 Å². The highest BCUT2D eigenvalue weighted by Crippen LogP contribution is 2.18. The van der Waals surface area contributed by atoms with Crippen molar-refractivity contribution in [1.29, 1.82) is 0 Å². The van der Waals surface area contributed by atoms with E-state index in [4.69, 9.17) is 10.8 Å². The number of carbonyl (C=O) groups is 1. The van der Waals surface area contributed by atoms with Crippen molar-refractivity contribution in [1.82, 2.24) is 9.78 Å². The molecule has 0 aromatic carbocycles. The zero-order valence-corrected chi connectivity index (χ0v) is 12.4. The van der Waals surface area contributed by atoms with Gasteiger partial charge in [-0.1, -0.05) is 13.8 Å². The lowest BCUT2D eigenvalue weighted by Crippen LogP contribution is -2.47. The van der Waals surface area contributed by atoms with Gasteiger partial charge < -0.3 is 10.8 Å². The number of aryl methyl sites for hydroxylation is 2. The molecule has 5 heteroatoms. The summed E-state index contributed by atoms with van der Waals surface area (Å²) in [6, 6.07) is 0. The van der Waals surface area contributed by atoms with Crippen LogP contribution in [-0.2, 0) is 17.8 Å². The minimum atomic E-state index is -1.11. The summed E-state index contributed by atoms with van der Waals surface area (Å²) in [4.78, 5) is 11.1. The van der Waals surface area contributed by atoms with Crippen LogP contribution in [0.2, 0.25) is 0 Å². The van der Waals surface area contributed by atoms with E-state index in [-0.39, 0.29) is 0 Å². The summed E-state index contributed by atoms with van der Waals surface area (Å²) >= 11 is 0. The third kappa shape index (κ3) is 3.35. The first-order valence-electron chi connectivity index (χ1n) is 6.90. The number of nitrogens with two attached hydrogens (primary N) is 1. The van der Waals surface area contributed by atoms with Crippen LogP contribution in [0.15, 0.2) is 0 Å². The van der Waals surface area contributed by atoms with Gasteiger partial charge in [-0.25, -0.2) is 0 Å². The van der Waals surface area contributed by atoms with E-state index in [2.05, 4.69) is 18.9 Å². The van der Waals surface area contributed by atoms with Crippen LogP contribution in [-0.4, -0.2) is 26.4 Å². The fraction of sp³-hybridized carbons (Fsp3) is 0.714. The van der Waals surface area contributed by atoms with Crippen molar-refractivity contribution in [3.8, 4) is 0 Å². The van der Waals surface area contributed by atoms with Gasteiger partial charge in [0.15, 0.2) is 0 Å². The highest BCUT2D eigenvalue weighted by atomic mass is 16.4. The third-order valence-electron chi connectivity index (χ3n) is 3.93. The first-order chi connectivity index (χ1) is 8.85. The van der Waals surface area contributed by atoms with Crippen LogP contribution in [0.3, 0.4) is 0 Å². The Kier molecular flexibility index (Phi) is 5.11. The average Bonchev–Trinajstić information content (AvgIpc) is 2.63. The molecule has 0 saturated carbocycles. The molecular weight excluding hydrogens is 242 g/mol. The number of aromatic nitrogens is 2. The van der Waals surface area contributed by atoms with Crippen LogP contribution in [0, 0.1) is 13.8 Å². The molecule has 1 rings (SSSR count). The molecular formula is C14H25N3O2. The number of carboxylic acid groups (broad SMARTS) is 1. The number of hydrogen-bond acceptors (Lipinski definition) is 3. The summed E-state index contributed by atoms with van der Waals surface area (Å²) in [5.74, 6) is -0.919. The first kappa shape index (κ1) is 15.7. The predicted molar refractivity (Wildman–Crippen MR) is 75.2 cm³/mol. The fourth-order valence-corrected chi connectivity index (χ4v) is 2.44. The average molecular weight is 267 g/mol. The summed E-state index contributed by atoms with van der Waals surface area (Å²) in [5, 5.41) is 13.6. The van der Waals surface area contributed by atoms with Crippen molar-refractivity contribution in [3.05, 3.63) is 17.0 Å². The SMILES string of the molecule is CCc1c(C)nn(CCCC(N)(CC)C(=O)O)c1C. The Labute approximate surface area is 114 Å². The standard InChI is InChI=1S/C14H25N3O2/c1-5-12-10(3)16-17(11(12)4)9-7-8-14(15,6-2)13(18)19/h5-9,15H2,1-4H3,(H,18,19). The van der Waals surface area contributed by atoms with Gasteiger partial charge in [0.1, 0.15) is 5.54 Å². The zero-order valence-electron chi connectivity index (χ0n) is 12.4. The summed E-state index contributed by atoms with van der Waals surface area (Å²) in [7, 11) is 0. The van der Waals surface area contributed by atoms with Crippen LogP contribution in [0.1, 0.15) is 50.1 Å². The topological polar surface area (TPSA) is 81.1 Å². The van der Waals surface area contributed by atoms with Crippen LogP contribution in [0.25, 0.3) is 0 Å². The third-order valence-corrected chi connectivity index (χ3v) is 3.93. The molecule has 3 N–H and O–H groups in total. The molecule has 1 unspecified atom stereocenters. The van der Waals surface area contributed by atoms with Gasteiger partial charge in [-0.05, 0) is 45.1 Å². The number of hydrogen-bond donors (Lipinski definition) is 2. The molecule has 0 bridgehead atoms. The Morgan fingerprint density at radius 2 is 2.05 bits per heavy atom. The van der Waals surface area contributed by atoms with Crippen molar-refractivity contribution < 1.29 is 9.90 Å². The van der Waals surface area contributed by atoms with Crippen LogP contribution in [0.4, 0.5) is 0 Å². The van der Waals surface area contributed by atoms with E-state index in [9.17, 15) is 4.79 Å². The van der Waals surface area contributed by atoms with Crippen molar-refractivity contribution in [2.75, 3.05) is 0 Å². The van der Waals surface area contributed by atoms with Crippen LogP contribution >= 0.6 is 0 Å². The summed E-state index contributed by atoms with van der Waals surface area (Å²) in [6.07, 6.45) is 2.61. The monoisotopic (exact) mass is 267 g/mol. The lowest BCUT2D eigenvalue weighted by atomic mass is 9.92. The van der Waals surface area contributed by atoms with Gasteiger partial charge in [0.05, 0.1) is 5.69 Å². The van der Waals surface area contributed by atoms with Crippen LogP contribution in [0.5, 0.6) is 0 Å². The second-order valence-electron chi connectivity index (χ2n) is 5.14. The van der Waals surface area contributed by atoms with Gasteiger partial charge in [0.2, 0.25) is 0 Å². The highest BCUT2D eigenvalue weighted by molar-refractivity contribution is 5.78. The normalized spacial score (nSPS) is 14.4. The van der Waals surface area contributed by atoms with E-state index in [1.807, 2.05) is 18.5 Å². The molecule has 0 saturated heterocycles. The molecule has 0 amide bonds. The van der Waals surface area contributed by atoms with Crippen molar-refractivity contribution in [3.63, 3.8) is 0 Å². The fourth-order valence-electron chi connectivity index (χ4n) is 2.44. The predicted octanol–water partition coefficient (Wildman–Crippen LogP) is 2.03. The molecule has 108 valence electrons. The van der Waals surface area contributed by atoms with E-state index in [0.29, 0.717) is 12.8 Å². The first-order valence-corrected chi connectivity index (χ1v) is 6.90. The number of aliphatic carboxylic acids is 1. The molecule has 5 nitrogen and oxygen atoms in total. The van der Waals surface area contributed by atoms with Gasteiger partial charge in [0.25, 0.3) is 0 Å². The molecule has 0 aliphatic rings. The zero-order chi connectivity index (χ0) is 14.6. The van der Waals surface area contributed by atoms with Crippen LogP contribution < -0.4 is 5.73 Å². The van der Waals surface area contributed by atoms with Gasteiger partial charge in [-0.3, -0.25) is 9.48 Å². The van der Waals surface area contributed by atoms with E-state index in [1.165, 1.54) is 11.3 Å². The summed E-state index contributed by atoms with van der Waals surface area (Å²) in [6.45, 7) is 8.73. The van der Waals surface area contributed by atoms with Crippen molar-refractivity contribution >= 4 is 5.97 Å². The van der Waals surface area contributed by atoms with Crippen molar-refractivity contribution in [2.24, 2.45) is 5.73 Å². The van der Waals surface area contributed by atoms with Gasteiger partial charge >= 0.3 is 5.97 Å². The van der Waals surface area contributed by atoms with Gasteiger partial charge in [0, 0.05) is 12.2 Å². The lowest BCUT2D eigenvalue weighted by molar-refractivity contribution is -0.143. The Morgan fingerprint density at radius 1 is 1.42 bits per heavy atom. The Balaban J connectivity index is 2.66. The minimum Gasteiger partial charge on any atom is -0.480 e. The molecule has 1 heterocycles. The molecule has 0 aliphatic heterocycles.